The zero-order chi connectivity index (χ0) is 9.68. The van der Waals surface area contributed by atoms with Crippen molar-refractivity contribution in [2.45, 2.75) is 52.9 Å². The zero-order valence-corrected chi connectivity index (χ0v) is 11.3. The molecule has 0 heterocycles. The fraction of sp³-hybridized carbons (Fsp3) is 0.692. The van der Waals surface area contributed by atoms with Gasteiger partial charge in [0.15, 0.2) is 0 Å². The van der Waals surface area contributed by atoms with Gasteiger partial charge in [0.25, 0.3) is 0 Å². The van der Waals surface area contributed by atoms with Crippen LogP contribution in [-0.2, 0) is 21.7 Å². The topological polar surface area (TPSA) is 0 Å². The molecule has 1 aliphatic carbocycles. The normalized spacial score (nSPS) is 15.1. The quantitative estimate of drug-likeness (QED) is 0.484. The molecule has 0 aromatic rings. The first-order valence-electron chi connectivity index (χ1n) is 5.51. The van der Waals surface area contributed by atoms with Crippen LogP contribution in [0.1, 0.15) is 52.9 Å². The second kappa shape index (κ2) is 7.48. The predicted octanol–water partition coefficient (Wildman–Crippen LogP) is 4.28. The summed E-state index contributed by atoms with van der Waals surface area (Å²) in [6, 6.07) is 0. The van der Waals surface area contributed by atoms with E-state index in [2.05, 4.69) is 32.9 Å². The Morgan fingerprint density at radius 2 is 2.14 bits per heavy atom. The average molecular weight is 225 g/mol. The van der Waals surface area contributed by atoms with Gasteiger partial charge >= 0.3 is 0 Å². The predicted molar refractivity (Wildman–Crippen MR) is 58.4 cm³/mol. The van der Waals surface area contributed by atoms with Crippen LogP contribution in [0.5, 0.6) is 0 Å². The van der Waals surface area contributed by atoms with Crippen LogP contribution in [0.25, 0.3) is 0 Å². The SMILES string of the molecule is CCCCC1=[C-]CC(CC(C)C)=C1.[Ti]. The van der Waals surface area contributed by atoms with Crippen LogP contribution in [0.2, 0.25) is 0 Å². The summed E-state index contributed by atoms with van der Waals surface area (Å²) in [6.07, 6.45) is 12.0. The minimum absolute atomic E-state index is 0. The van der Waals surface area contributed by atoms with E-state index in [4.69, 9.17) is 0 Å². The second-order valence-electron chi connectivity index (χ2n) is 4.38. The van der Waals surface area contributed by atoms with Crippen LogP contribution < -0.4 is 0 Å². The molecule has 0 aliphatic heterocycles. The van der Waals surface area contributed by atoms with Crippen molar-refractivity contribution in [1.82, 2.24) is 0 Å². The van der Waals surface area contributed by atoms with Crippen molar-refractivity contribution in [3.05, 3.63) is 23.3 Å². The van der Waals surface area contributed by atoms with Gasteiger partial charge in [0.05, 0.1) is 0 Å². The van der Waals surface area contributed by atoms with Gasteiger partial charge in [-0.3, -0.25) is 6.08 Å². The fourth-order valence-electron chi connectivity index (χ4n) is 1.76. The Hall–Kier alpha value is 0.194. The van der Waals surface area contributed by atoms with Gasteiger partial charge in [0.2, 0.25) is 0 Å². The minimum atomic E-state index is 0. The van der Waals surface area contributed by atoms with Gasteiger partial charge < -0.3 is 0 Å². The van der Waals surface area contributed by atoms with Crippen molar-refractivity contribution in [2.24, 2.45) is 5.92 Å². The molecule has 0 unspecified atom stereocenters. The van der Waals surface area contributed by atoms with Gasteiger partial charge in [-0.2, -0.15) is 5.57 Å². The van der Waals surface area contributed by atoms with Gasteiger partial charge in [0.1, 0.15) is 0 Å². The Kier molecular flexibility index (Phi) is 7.59. The number of allylic oxidation sites excluding steroid dienone is 4. The number of hydrogen-bond donors (Lipinski definition) is 0. The first-order chi connectivity index (χ1) is 6.22. The summed E-state index contributed by atoms with van der Waals surface area (Å²) >= 11 is 0. The maximum absolute atomic E-state index is 3.47. The van der Waals surface area contributed by atoms with Crippen LogP contribution in [0, 0.1) is 12.0 Å². The summed E-state index contributed by atoms with van der Waals surface area (Å²) in [7, 11) is 0. The molecule has 14 heavy (non-hydrogen) atoms. The van der Waals surface area contributed by atoms with Crippen molar-refractivity contribution in [1.29, 1.82) is 0 Å². The molecule has 0 N–H and O–H groups in total. The Balaban J connectivity index is 0.00000169. The van der Waals surface area contributed by atoms with Gasteiger partial charge in [-0.1, -0.05) is 40.0 Å². The molecule has 0 spiro atoms. The van der Waals surface area contributed by atoms with Crippen LogP contribution in [-0.4, -0.2) is 0 Å². The van der Waals surface area contributed by atoms with Crippen molar-refractivity contribution in [3.63, 3.8) is 0 Å². The Labute approximate surface area is 104 Å². The van der Waals surface area contributed by atoms with E-state index >= 15 is 0 Å². The van der Waals surface area contributed by atoms with Gasteiger partial charge in [0, 0.05) is 21.7 Å². The molecule has 0 saturated heterocycles. The standard InChI is InChI=1S/C13H21.Ti/c1-4-5-6-12-7-8-13(10-12)9-11(2)3;/h10-11H,4-6,8-9H2,1-3H3;/q-1;. The van der Waals surface area contributed by atoms with Crippen molar-refractivity contribution in [3.8, 4) is 0 Å². The van der Waals surface area contributed by atoms with E-state index in [0.29, 0.717) is 0 Å². The molecule has 78 valence electrons. The van der Waals surface area contributed by atoms with E-state index in [1.807, 2.05) is 0 Å². The first-order valence-corrected chi connectivity index (χ1v) is 5.51. The van der Waals surface area contributed by atoms with E-state index in [-0.39, 0.29) is 21.7 Å². The molecule has 0 amide bonds. The smallest absolute Gasteiger partial charge is 0 e. The van der Waals surface area contributed by atoms with Crippen molar-refractivity contribution >= 4 is 0 Å². The van der Waals surface area contributed by atoms with Crippen LogP contribution in [0.4, 0.5) is 0 Å². The Bertz CT molecular complexity index is 211. The second-order valence-corrected chi connectivity index (χ2v) is 4.38. The number of rotatable bonds is 5. The third kappa shape index (κ3) is 5.17. The fourth-order valence-corrected chi connectivity index (χ4v) is 1.76. The van der Waals surface area contributed by atoms with E-state index in [9.17, 15) is 0 Å². The summed E-state index contributed by atoms with van der Waals surface area (Å²) in [5.74, 6) is 0.790. The monoisotopic (exact) mass is 225 g/mol. The van der Waals surface area contributed by atoms with Gasteiger partial charge in [-0.15, -0.1) is 6.42 Å². The molecule has 0 fully saturated rings. The van der Waals surface area contributed by atoms with E-state index in [1.165, 1.54) is 31.3 Å². The molecular formula is C13H21Ti-. The van der Waals surface area contributed by atoms with E-state index in [0.717, 1.165) is 12.3 Å². The summed E-state index contributed by atoms with van der Waals surface area (Å²) in [4.78, 5) is 0. The molecule has 0 atom stereocenters. The molecular weight excluding hydrogens is 204 g/mol. The molecule has 0 radical (unpaired) electrons. The molecule has 0 saturated carbocycles. The number of unbranched alkanes of at least 4 members (excludes halogenated alkanes) is 1. The number of hydrogen-bond acceptors (Lipinski definition) is 0. The third-order valence-electron chi connectivity index (χ3n) is 2.39. The molecule has 1 rings (SSSR count). The van der Waals surface area contributed by atoms with E-state index < -0.39 is 0 Å². The van der Waals surface area contributed by atoms with Crippen molar-refractivity contribution in [2.75, 3.05) is 0 Å². The largest absolute Gasteiger partial charge is 0.269 e. The summed E-state index contributed by atoms with van der Waals surface area (Å²) in [6.45, 7) is 6.81. The molecule has 1 heteroatoms. The molecule has 0 nitrogen and oxygen atoms in total. The summed E-state index contributed by atoms with van der Waals surface area (Å²) in [5.41, 5.74) is 3.04. The Morgan fingerprint density at radius 3 is 2.71 bits per heavy atom. The minimum Gasteiger partial charge on any atom is -0.269 e. The third-order valence-corrected chi connectivity index (χ3v) is 2.39. The summed E-state index contributed by atoms with van der Waals surface area (Å²) < 4.78 is 0. The maximum atomic E-state index is 3.47. The molecule has 1 aliphatic rings. The van der Waals surface area contributed by atoms with Gasteiger partial charge in [-0.25, -0.2) is 11.6 Å². The molecule has 0 aromatic carbocycles. The van der Waals surface area contributed by atoms with Crippen LogP contribution in [0.15, 0.2) is 17.2 Å². The van der Waals surface area contributed by atoms with Gasteiger partial charge in [-0.05, 0) is 12.3 Å². The first kappa shape index (κ1) is 14.2. The average Bonchev–Trinajstić information content (AvgIpc) is 2.48. The molecule has 0 bridgehead atoms. The van der Waals surface area contributed by atoms with Crippen molar-refractivity contribution < 1.29 is 21.7 Å². The Morgan fingerprint density at radius 1 is 1.43 bits per heavy atom. The van der Waals surface area contributed by atoms with Crippen LogP contribution >= 0.6 is 0 Å². The van der Waals surface area contributed by atoms with Crippen LogP contribution in [0.3, 0.4) is 0 Å². The van der Waals surface area contributed by atoms with E-state index in [1.54, 1.807) is 5.57 Å². The maximum Gasteiger partial charge on any atom is 0 e. The summed E-state index contributed by atoms with van der Waals surface area (Å²) in [5, 5.41) is 0. The zero-order valence-electron chi connectivity index (χ0n) is 9.69. The molecule has 0 aromatic heterocycles.